The van der Waals surface area contributed by atoms with Crippen molar-refractivity contribution in [3.63, 3.8) is 0 Å². The van der Waals surface area contributed by atoms with E-state index in [1.807, 2.05) is 12.1 Å². The monoisotopic (exact) mass is 299 g/mol. The highest BCUT2D eigenvalue weighted by molar-refractivity contribution is 6.33. The first-order chi connectivity index (χ1) is 10.3. The van der Waals surface area contributed by atoms with Gasteiger partial charge < -0.3 is 10.1 Å². The van der Waals surface area contributed by atoms with Gasteiger partial charge in [-0.05, 0) is 24.5 Å². The molecule has 0 aliphatic carbocycles. The van der Waals surface area contributed by atoms with Gasteiger partial charge in [0, 0.05) is 18.1 Å². The maximum absolute atomic E-state index is 6.41. The topological polar surface area (TPSA) is 21.3 Å². The Balaban J connectivity index is 1.81. The molecule has 108 valence electrons. The Hall–Kier alpha value is -1.51. The van der Waals surface area contributed by atoms with Gasteiger partial charge in [0.1, 0.15) is 0 Å². The normalized spacial score (nSPS) is 27.4. The minimum atomic E-state index is 0.152. The Bertz CT molecular complexity index is 643. The molecular weight excluding hydrogens is 282 g/mol. The van der Waals surface area contributed by atoms with Crippen LogP contribution in [0, 0.1) is 5.92 Å². The lowest BCUT2D eigenvalue weighted by Crippen LogP contribution is -2.36. The average molecular weight is 300 g/mol. The van der Waals surface area contributed by atoms with Crippen molar-refractivity contribution in [2.24, 2.45) is 5.92 Å². The van der Waals surface area contributed by atoms with E-state index in [1.165, 1.54) is 17.5 Å². The van der Waals surface area contributed by atoms with Gasteiger partial charge in [-0.2, -0.15) is 0 Å². The van der Waals surface area contributed by atoms with E-state index in [0.717, 1.165) is 23.7 Å². The molecule has 3 atom stereocenters. The van der Waals surface area contributed by atoms with Gasteiger partial charge in [0.2, 0.25) is 0 Å². The van der Waals surface area contributed by atoms with Crippen LogP contribution in [0.4, 0.5) is 5.69 Å². The van der Waals surface area contributed by atoms with Gasteiger partial charge in [0.05, 0.1) is 22.9 Å². The summed E-state index contributed by atoms with van der Waals surface area (Å²) >= 11 is 6.41. The standard InChI is InChI=1S/C18H18ClNO/c19-15-10-4-8-14-17(15)20-16(12-6-2-1-3-7-12)13-9-5-11-21-18(13)14/h1-4,6-8,10,13,16,18,20H,5,9,11H2/t13-,16+,18-/m0/s1. The van der Waals surface area contributed by atoms with Gasteiger partial charge in [-0.25, -0.2) is 0 Å². The van der Waals surface area contributed by atoms with Gasteiger partial charge in [-0.3, -0.25) is 0 Å². The molecule has 0 aromatic heterocycles. The molecular formula is C18H18ClNO. The molecule has 2 nitrogen and oxygen atoms in total. The molecule has 0 bridgehead atoms. The zero-order chi connectivity index (χ0) is 14.2. The van der Waals surface area contributed by atoms with Crippen LogP contribution in [-0.4, -0.2) is 6.61 Å². The molecule has 2 aromatic rings. The lowest BCUT2D eigenvalue weighted by atomic mass is 9.77. The van der Waals surface area contributed by atoms with Crippen LogP contribution in [0.5, 0.6) is 0 Å². The first kappa shape index (κ1) is 13.2. The Morgan fingerprint density at radius 2 is 1.90 bits per heavy atom. The number of hydrogen-bond acceptors (Lipinski definition) is 2. The van der Waals surface area contributed by atoms with Crippen LogP contribution >= 0.6 is 11.6 Å². The number of rotatable bonds is 1. The third-order valence-corrected chi connectivity index (χ3v) is 4.92. The molecule has 2 aromatic carbocycles. The Morgan fingerprint density at radius 1 is 1.05 bits per heavy atom. The van der Waals surface area contributed by atoms with E-state index in [0.29, 0.717) is 5.92 Å². The Morgan fingerprint density at radius 3 is 2.76 bits per heavy atom. The van der Waals surface area contributed by atoms with E-state index >= 15 is 0 Å². The van der Waals surface area contributed by atoms with Gasteiger partial charge in [-0.1, -0.05) is 54.1 Å². The summed E-state index contributed by atoms with van der Waals surface area (Å²) in [6.07, 6.45) is 2.46. The molecule has 0 radical (unpaired) electrons. The van der Waals surface area contributed by atoms with Crippen molar-refractivity contribution in [2.75, 3.05) is 11.9 Å². The summed E-state index contributed by atoms with van der Waals surface area (Å²) in [6, 6.07) is 17.0. The van der Waals surface area contributed by atoms with Gasteiger partial charge in [0.25, 0.3) is 0 Å². The number of benzene rings is 2. The van der Waals surface area contributed by atoms with Gasteiger partial charge in [-0.15, -0.1) is 0 Å². The second-order valence-corrected chi connectivity index (χ2v) is 6.24. The van der Waals surface area contributed by atoms with Crippen LogP contribution in [0.25, 0.3) is 0 Å². The molecule has 0 amide bonds. The maximum Gasteiger partial charge on any atom is 0.0896 e. The number of hydrogen-bond donors (Lipinski definition) is 1. The zero-order valence-electron chi connectivity index (χ0n) is 11.8. The summed E-state index contributed by atoms with van der Waals surface area (Å²) in [5.41, 5.74) is 3.55. The smallest absolute Gasteiger partial charge is 0.0896 e. The summed E-state index contributed by atoms with van der Waals surface area (Å²) < 4.78 is 6.12. The third-order valence-electron chi connectivity index (χ3n) is 4.61. The Labute approximate surface area is 130 Å². The number of halogens is 1. The molecule has 21 heavy (non-hydrogen) atoms. The van der Waals surface area contributed by atoms with E-state index in [2.05, 4.69) is 41.7 Å². The van der Waals surface area contributed by atoms with Crippen LogP contribution in [0.15, 0.2) is 48.5 Å². The summed E-state index contributed by atoms with van der Waals surface area (Å²) in [5.74, 6) is 0.465. The lowest BCUT2D eigenvalue weighted by molar-refractivity contribution is -0.0381. The molecule has 0 spiro atoms. The first-order valence-corrected chi connectivity index (χ1v) is 7.94. The molecule has 2 heterocycles. The van der Waals surface area contributed by atoms with Crippen LogP contribution in [0.2, 0.25) is 5.02 Å². The molecule has 2 aliphatic rings. The van der Waals surface area contributed by atoms with E-state index < -0.39 is 0 Å². The summed E-state index contributed by atoms with van der Waals surface area (Å²) in [6.45, 7) is 0.842. The average Bonchev–Trinajstić information content (AvgIpc) is 2.55. The fraction of sp³-hybridized carbons (Fsp3) is 0.333. The van der Waals surface area contributed by atoms with Crippen LogP contribution in [-0.2, 0) is 4.74 Å². The van der Waals surface area contributed by atoms with E-state index in [1.54, 1.807) is 0 Å². The molecule has 1 fully saturated rings. The quantitative estimate of drug-likeness (QED) is 0.802. The minimum Gasteiger partial charge on any atom is -0.376 e. The molecule has 0 saturated carbocycles. The van der Waals surface area contributed by atoms with Crippen LogP contribution in [0.3, 0.4) is 0 Å². The zero-order valence-corrected chi connectivity index (χ0v) is 12.5. The van der Waals surface area contributed by atoms with Crippen molar-refractivity contribution in [2.45, 2.75) is 25.0 Å². The number of ether oxygens (including phenoxy) is 1. The molecule has 1 saturated heterocycles. The van der Waals surface area contributed by atoms with Crippen molar-refractivity contribution in [3.05, 3.63) is 64.7 Å². The summed E-state index contributed by atoms with van der Waals surface area (Å²) in [7, 11) is 0. The fourth-order valence-electron chi connectivity index (χ4n) is 3.65. The predicted molar refractivity (Wildman–Crippen MR) is 85.7 cm³/mol. The molecule has 4 rings (SSSR count). The van der Waals surface area contributed by atoms with E-state index in [4.69, 9.17) is 16.3 Å². The Kier molecular flexibility index (Phi) is 3.36. The highest BCUT2D eigenvalue weighted by Gasteiger charge is 2.40. The minimum absolute atomic E-state index is 0.152. The van der Waals surface area contributed by atoms with Crippen molar-refractivity contribution < 1.29 is 4.74 Å². The molecule has 0 unspecified atom stereocenters. The predicted octanol–water partition coefficient (Wildman–Crippen LogP) is 4.97. The fourth-order valence-corrected chi connectivity index (χ4v) is 3.89. The van der Waals surface area contributed by atoms with Gasteiger partial charge >= 0.3 is 0 Å². The maximum atomic E-state index is 6.41. The third kappa shape index (κ3) is 2.23. The SMILES string of the molecule is Clc1cccc2c1N[C@H](c1ccccc1)[C@@H]1CCCO[C@H]21. The van der Waals surface area contributed by atoms with Crippen molar-refractivity contribution in [1.29, 1.82) is 0 Å². The van der Waals surface area contributed by atoms with Gasteiger partial charge in [0.15, 0.2) is 0 Å². The van der Waals surface area contributed by atoms with E-state index in [-0.39, 0.29) is 12.1 Å². The molecule has 3 heteroatoms. The van der Waals surface area contributed by atoms with Crippen LogP contribution < -0.4 is 5.32 Å². The molecule has 2 aliphatic heterocycles. The lowest BCUT2D eigenvalue weighted by Gasteiger charge is -2.43. The first-order valence-electron chi connectivity index (χ1n) is 7.56. The second-order valence-electron chi connectivity index (χ2n) is 5.83. The summed E-state index contributed by atoms with van der Waals surface area (Å²) in [4.78, 5) is 0. The van der Waals surface area contributed by atoms with Crippen molar-refractivity contribution >= 4 is 17.3 Å². The number of nitrogens with one attached hydrogen (secondary N) is 1. The highest BCUT2D eigenvalue weighted by Crippen LogP contribution is 2.50. The van der Waals surface area contributed by atoms with E-state index in [9.17, 15) is 0 Å². The second kappa shape index (κ2) is 5.36. The van der Waals surface area contributed by atoms with Crippen molar-refractivity contribution in [3.8, 4) is 0 Å². The number of para-hydroxylation sites is 1. The van der Waals surface area contributed by atoms with Crippen molar-refractivity contribution in [1.82, 2.24) is 0 Å². The molecule has 1 N–H and O–H groups in total. The highest BCUT2D eigenvalue weighted by atomic mass is 35.5. The van der Waals surface area contributed by atoms with Crippen LogP contribution in [0.1, 0.15) is 36.1 Å². The number of fused-ring (bicyclic) bond motifs is 3. The summed E-state index contributed by atoms with van der Waals surface area (Å²) in [5, 5.41) is 4.45. The largest absolute Gasteiger partial charge is 0.376 e. The number of anilines is 1.